The lowest BCUT2D eigenvalue weighted by molar-refractivity contribution is 1.07. The number of nitrogens with zero attached hydrogens (tertiary/aromatic N) is 4. The monoisotopic (exact) mass is 700 g/mol. The van der Waals surface area contributed by atoms with Crippen molar-refractivity contribution in [2.45, 2.75) is 0 Å². The molecule has 0 saturated carbocycles. The summed E-state index contributed by atoms with van der Waals surface area (Å²) >= 11 is 0. The summed E-state index contributed by atoms with van der Waals surface area (Å²) in [5.74, 6) is 1.95. The Morgan fingerprint density at radius 3 is 1.38 bits per heavy atom. The molecule has 11 rings (SSSR count). The summed E-state index contributed by atoms with van der Waals surface area (Å²) in [7, 11) is 0. The average molecular weight is 701 g/mol. The Labute approximate surface area is 317 Å². The fourth-order valence-electron chi connectivity index (χ4n) is 8.31. The summed E-state index contributed by atoms with van der Waals surface area (Å²) in [5, 5.41) is 10.3. The Hall–Kier alpha value is -7.43. The van der Waals surface area contributed by atoms with Gasteiger partial charge in [-0.2, -0.15) is 0 Å². The van der Waals surface area contributed by atoms with Crippen LogP contribution in [0.3, 0.4) is 0 Å². The van der Waals surface area contributed by atoms with E-state index in [0.29, 0.717) is 17.5 Å². The van der Waals surface area contributed by atoms with Crippen LogP contribution in [0.15, 0.2) is 194 Å². The molecule has 55 heavy (non-hydrogen) atoms. The highest BCUT2D eigenvalue weighted by Gasteiger charge is 2.19. The molecule has 4 nitrogen and oxygen atoms in total. The third-order valence-electron chi connectivity index (χ3n) is 10.8. The van der Waals surface area contributed by atoms with Crippen molar-refractivity contribution in [1.82, 2.24) is 19.5 Å². The number of fused-ring (bicyclic) bond motifs is 10. The molecule has 0 N–H and O–H groups in total. The van der Waals surface area contributed by atoms with Gasteiger partial charge in [-0.3, -0.25) is 0 Å². The van der Waals surface area contributed by atoms with Crippen molar-refractivity contribution < 1.29 is 0 Å². The van der Waals surface area contributed by atoms with E-state index in [0.717, 1.165) is 33.5 Å². The van der Waals surface area contributed by atoms with Gasteiger partial charge in [0.15, 0.2) is 17.5 Å². The minimum atomic E-state index is 0.643. The number of benzene rings is 9. The quantitative estimate of drug-likeness (QED) is 0.168. The topological polar surface area (TPSA) is 43.6 Å². The molecule has 0 aliphatic rings. The van der Waals surface area contributed by atoms with Gasteiger partial charge in [0.1, 0.15) is 0 Å². The molecule has 0 bridgehead atoms. The zero-order chi connectivity index (χ0) is 36.3. The molecule has 0 radical (unpaired) electrons. The van der Waals surface area contributed by atoms with Crippen molar-refractivity contribution in [3.63, 3.8) is 0 Å². The van der Waals surface area contributed by atoms with E-state index in [2.05, 4.69) is 138 Å². The van der Waals surface area contributed by atoms with Crippen LogP contribution in [0.2, 0.25) is 0 Å². The summed E-state index contributed by atoms with van der Waals surface area (Å²) in [6.07, 6.45) is 0. The smallest absolute Gasteiger partial charge is 0.164 e. The van der Waals surface area contributed by atoms with Crippen LogP contribution >= 0.6 is 0 Å². The number of hydrogen-bond acceptors (Lipinski definition) is 3. The molecule has 9 aromatic carbocycles. The number of rotatable bonds is 5. The van der Waals surface area contributed by atoms with Gasteiger partial charge in [0.2, 0.25) is 0 Å². The Balaban J connectivity index is 1.04. The molecule has 11 aromatic rings. The van der Waals surface area contributed by atoms with Crippen LogP contribution in [0.4, 0.5) is 0 Å². The number of hydrogen-bond donors (Lipinski definition) is 0. The number of aromatic nitrogens is 4. The first-order chi connectivity index (χ1) is 27.3. The van der Waals surface area contributed by atoms with E-state index >= 15 is 0 Å². The molecule has 0 aliphatic heterocycles. The molecule has 0 amide bonds. The fourth-order valence-corrected chi connectivity index (χ4v) is 8.31. The third kappa shape index (κ3) is 5.11. The lowest BCUT2D eigenvalue weighted by Gasteiger charge is -2.13. The van der Waals surface area contributed by atoms with E-state index in [1.165, 1.54) is 54.1 Å². The van der Waals surface area contributed by atoms with E-state index in [-0.39, 0.29) is 0 Å². The second kappa shape index (κ2) is 12.6. The normalized spacial score (nSPS) is 11.6. The molecular weight excluding hydrogens is 669 g/mol. The Morgan fingerprint density at radius 1 is 0.273 bits per heavy atom. The fraction of sp³-hybridized carbons (Fsp3) is 0. The van der Waals surface area contributed by atoms with Gasteiger partial charge in [0.05, 0.1) is 11.0 Å². The molecule has 4 heteroatoms. The van der Waals surface area contributed by atoms with Crippen molar-refractivity contribution in [3.05, 3.63) is 194 Å². The second-order valence-electron chi connectivity index (χ2n) is 14.0. The summed E-state index contributed by atoms with van der Waals surface area (Å²) in [4.78, 5) is 14.8. The van der Waals surface area contributed by atoms with Gasteiger partial charge in [-0.25, -0.2) is 15.0 Å². The van der Waals surface area contributed by atoms with Crippen LogP contribution in [0.1, 0.15) is 0 Å². The SMILES string of the molecule is c1ccc(-c2nc(-c3ccccc3)nc(-c3cccc(-c4ccc(-n5c6ccccc6c6c7c8ccccc8c8ccccc8c7ccc65)cc4)c3)n2)cc1. The van der Waals surface area contributed by atoms with E-state index in [1.54, 1.807) is 0 Å². The average Bonchev–Trinajstić information content (AvgIpc) is 3.61. The molecule has 0 unspecified atom stereocenters. The molecule has 256 valence electrons. The van der Waals surface area contributed by atoms with Crippen molar-refractivity contribution in [1.29, 1.82) is 0 Å². The van der Waals surface area contributed by atoms with Crippen molar-refractivity contribution in [2.75, 3.05) is 0 Å². The number of para-hydroxylation sites is 1. The largest absolute Gasteiger partial charge is 0.309 e. The van der Waals surface area contributed by atoms with Crippen molar-refractivity contribution >= 4 is 54.1 Å². The Morgan fingerprint density at radius 2 is 0.745 bits per heavy atom. The molecular formula is C51H32N4. The first-order valence-corrected chi connectivity index (χ1v) is 18.6. The maximum absolute atomic E-state index is 4.97. The molecule has 0 atom stereocenters. The highest BCUT2D eigenvalue weighted by Crippen LogP contribution is 2.43. The van der Waals surface area contributed by atoms with Gasteiger partial charge < -0.3 is 4.57 Å². The molecule has 0 aliphatic carbocycles. The Bertz CT molecular complexity index is 3150. The van der Waals surface area contributed by atoms with Crippen LogP contribution in [-0.2, 0) is 0 Å². The highest BCUT2D eigenvalue weighted by atomic mass is 15.0. The lowest BCUT2D eigenvalue weighted by atomic mass is 9.92. The van der Waals surface area contributed by atoms with Gasteiger partial charge in [0.25, 0.3) is 0 Å². The summed E-state index contributed by atoms with van der Waals surface area (Å²) in [6.45, 7) is 0. The lowest BCUT2D eigenvalue weighted by Crippen LogP contribution is -2.00. The maximum atomic E-state index is 4.97. The minimum absolute atomic E-state index is 0.643. The molecule has 2 aromatic heterocycles. The van der Waals surface area contributed by atoms with Crippen LogP contribution in [0, 0.1) is 0 Å². The summed E-state index contributed by atoms with van der Waals surface area (Å²) in [6, 6.07) is 68.7. The minimum Gasteiger partial charge on any atom is -0.309 e. The molecule has 0 fully saturated rings. The zero-order valence-corrected chi connectivity index (χ0v) is 29.8. The van der Waals surface area contributed by atoms with Gasteiger partial charge in [-0.1, -0.05) is 164 Å². The van der Waals surface area contributed by atoms with Crippen LogP contribution < -0.4 is 0 Å². The first kappa shape index (κ1) is 31.1. The van der Waals surface area contributed by atoms with E-state index in [1.807, 2.05) is 60.7 Å². The predicted molar refractivity (Wildman–Crippen MR) is 228 cm³/mol. The predicted octanol–water partition coefficient (Wildman–Crippen LogP) is 13.1. The van der Waals surface area contributed by atoms with Gasteiger partial charge in [-0.05, 0) is 68.4 Å². The van der Waals surface area contributed by atoms with E-state index in [9.17, 15) is 0 Å². The van der Waals surface area contributed by atoms with Crippen molar-refractivity contribution in [3.8, 4) is 51.0 Å². The third-order valence-corrected chi connectivity index (χ3v) is 10.8. The Kier molecular flexibility index (Phi) is 7.14. The maximum Gasteiger partial charge on any atom is 0.164 e. The van der Waals surface area contributed by atoms with Crippen LogP contribution in [0.5, 0.6) is 0 Å². The highest BCUT2D eigenvalue weighted by molar-refractivity contribution is 6.35. The molecule has 0 saturated heterocycles. The van der Waals surface area contributed by atoms with Crippen LogP contribution in [0.25, 0.3) is 105 Å². The van der Waals surface area contributed by atoms with E-state index in [4.69, 9.17) is 15.0 Å². The van der Waals surface area contributed by atoms with Gasteiger partial charge in [0, 0.05) is 38.5 Å². The summed E-state index contributed by atoms with van der Waals surface area (Å²) in [5.41, 5.74) is 8.57. The molecule has 0 spiro atoms. The summed E-state index contributed by atoms with van der Waals surface area (Å²) < 4.78 is 2.41. The van der Waals surface area contributed by atoms with Gasteiger partial charge >= 0.3 is 0 Å². The molecule has 2 heterocycles. The van der Waals surface area contributed by atoms with Crippen LogP contribution in [-0.4, -0.2) is 19.5 Å². The van der Waals surface area contributed by atoms with Gasteiger partial charge in [-0.15, -0.1) is 0 Å². The van der Waals surface area contributed by atoms with E-state index < -0.39 is 0 Å². The first-order valence-electron chi connectivity index (χ1n) is 18.6. The standard InChI is InChI=1S/C51H32N4/c1-3-14-34(15-4-1)49-52-50(35-16-5-2-6-17-35)54-51(53-49)37-19-13-18-36(32-37)33-26-28-38(29-27-33)55-45-25-12-11-24-44(45)48-46(55)31-30-43-41-22-8-7-20-39(41)40-21-9-10-23-42(40)47(43)48/h1-32H. The zero-order valence-electron chi connectivity index (χ0n) is 29.8. The van der Waals surface area contributed by atoms with Crippen molar-refractivity contribution in [2.24, 2.45) is 0 Å². The second-order valence-corrected chi connectivity index (χ2v) is 14.0.